The fraction of sp³-hybridized carbons (Fsp3) is 1.00. The Morgan fingerprint density at radius 2 is 0.750 bits per heavy atom. The van der Waals surface area contributed by atoms with Crippen molar-refractivity contribution in [3.63, 3.8) is 0 Å². The van der Waals surface area contributed by atoms with E-state index in [-0.39, 0.29) is 12.2 Å². The van der Waals surface area contributed by atoms with Gasteiger partial charge in [-0.3, -0.25) is 0 Å². The fourth-order valence-electron chi connectivity index (χ4n) is 1.62. The highest BCUT2D eigenvalue weighted by molar-refractivity contribution is 4.51. The highest BCUT2D eigenvalue weighted by Crippen LogP contribution is 2.03. The number of aliphatic hydroxyl groups is 2. The summed E-state index contributed by atoms with van der Waals surface area (Å²) in [5.74, 6) is 0. The van der Waals surface area contributed by atoms with Crippen LogP contribution in [0.1, 0.15) is 79.1 Å². The second-order valence-electron chi connectivity index (χ2n) is 4.46. The minimum absolute atomic E-state index is 0.0370. The lowest BCUT2D eigenvalue weighted by Gasteiger charge is -2.04. The standard InChI is InChI=1S/2C7H16O/c2*1-3-5-7(8)6-4-2/h2*7-8H,3-6H2,1-2H3. The summed E-state index contributed by atoms with van der Waals surface area (Å²) in [5.41, 5.74) is 0. The van der Waals surface area contributed by atoms with Gasteiger partial charge in [0.1, 0.15) is 0 Å². The molecule has 0 atom stereocenters. The number of hydrogen-bond donors (Lipinski definition) is 2. The van der Waals surface area contributed by atoms with Crippen molar-refractivity contribution in [1.82, 2.24) is 0 Å². The number of aliphatic hydroxyl groups excluding tert-OH is 2. The predicted octanol–water partition coefficient (Wildman–Crippen LogP) is 3.90. The SMILES string of the molecule is CCCC(O)CCC.CCCC(O)CCC. The van der Waals surface area contributed by atoms with Gasteiger partial charge in [-0.15, -0.1) is 0 Å². The maximum atomic E-state index is 9.05. The van der Waals surface area contributed by atoms with Crippen LogP contribution in [0.4, 0.5) is 0 Å². The van der Waals surface area contributed by atoms with Gasteiger partial charge in [-0.2, -0.15) is 0 Å². The van der Waals surface area contributed by atoms with Crippen LogP contribution in [0.15, 0.2) is 0 Å². The summed E-state index contributed by atoms with van der Waals surface area (Å²) >= 11 is 0. The van der Waals surface area contributed by atoms with Crippen LogP contribution in [-0.2, 0) is 0 Å². The molecule has 0 spiro atoms. The van der Waals surface area contributed by atoms with Crippen molar-refractivity contribution in [2.75, 3.05) is 0 Å². The molecule has 0 aliphatic heterocycles. The third kappa shape index (κ3) is 16.4. The van der Waals surface area contributed by atoms with Gasteiger partial charge in [0.15, 0.2) is 0 Å². The maximum absolute atomic E-state index is 9.05. The largest absolute Gasteiger partial charge is 0.393 e. The van der Waals surface area contributed by atoms with Crippen molar-refractivity contribution in [2.24, 2.45) is 0 Å². The second kappa shape index (κ2) is 14.9. The van der Waals surface area contributed by atoms with Crippen LogP contribution >= 0.6 is 0 Å². The van der Waals surface area contributed by atoms with E-state index in [4.69, 9.17) is 10.2 Å². The van der Waals surface area contributed by atoms with Gasteiger partial charge in [-0.05, 0) is 25.7 Å². The number of rotatable bonds is 8. The molecular weight excluding hydrogens is 200 g/mol. The van der Waals surface area contributed by atoms with Crippen LogP contribution in [0, 0.1) is 0 Å². The zero-order valence-electron chi connectivity index (χ0n) is 11.7. The summed E-state index contributed by atoms with van der Waals surface area (Å²) in [5, 5.41) is 18.1. The van der Waals surface area contributed by atoms with Crippen LogP contribution in [-0.4, -0.2) is 22.4 Å². The Hall–Kier alpha value is -0.0800. The predicted molar refractivity (Wildman–Crippen MR) is 71.6 cm³/mol. The van der Waals surface area contributed by atoms with Gasteiger partial charge >= 0.3 is 0 Å². The summed E-state index contributed by atoms with van der Waals surface area (Å²) < 4.78 is 0. The molecule has 100 valence electrons. The monoisotopic (exact) mass is 232 g/mol. The molecule has 0 unspecified atom stereocenters. The molecule has 2 heteroatoms. The number of hydrogen-bond acceptors (Lipinski definition) is 2. The molecule has 2 N–H and O–H groups in total. The lowest BCUT2D eigenvalue weighted by molar-refractivity contribution is 0.152. The van der Waals surface area contributed by atoms with Gasteiger partial charge in [0.25, 0.3) is 0 Å². The Morgan fingerprint density at radius 1 is 0.562 bits per heavy atom. The van der Waals surface area contributed by atoms with Crippen LogP contribution < -0.4 is 0 Å². The van der Waals surface area contributed by atoms with Gasteiger partial charge in [-0.1, -0.05) is 53.4 Å². The lowest BCUT2D eigenvalue weighted by atomic mass is 10.1. The average molecular weight is 232 g/mol. The molecule has 0 saturated carbocycles. The van der Waals surface area contributed by atoms with Gasteiger partial charge in [0, 0.05) is 0 Å². The molecule has 0 aromatic carbocycles. The van der Waals surface area contributed by atoms with Crippen molar-refractivity contribution in [1.29, 1.82) is 0 Å². The van der Waals surface area contributed by atoms with Crippen LogP contribution in [0.5, 0.6) is 0 Å². The first-order valence-electron chi connectivity index (χ1n) is 6.98. The highest BCUT2D eigenvalue weighted by atomic mass is 16.3. The van der Waals surface area contributed by atoms with Crippen molar-refractivity contribution in [3.05, 3.63) is 0 Å². The topological polar surface area (TPSA) is 40.5 Å². The van der Waals surface area contributed by atoms with E-state index in [0.29, 0.717) is 0 Å². The summed E-state index contributed by atoms with van der Waals surface area (Å²) in [6.45, 7) is 8.38. The molecule has 0 fully saturated rings. The van der Waals surface area contributed by atoms with E-state index < -0.39 is 0 Å². The zero-order chi connectivity index (χ0) is 12.8. The molecule has 0 heterocycles. The molecule has 0 saturated heterocycles. The average Bonchev–Trinajstić information content (AvgIpc) is 2.20. The molecule has 0 aromatic heterocycles. The van der Waals surface area contributed by atoms with Crippen LogP contribution in [0.2, 0.25) is 0 Å². The first-order valence-corrected chi connectivity index (χ1v) is 6.98. The van der Waals surface area contributed by atoms with E-state index in [0.717, 1.165) is 51.4 Å². The first kappa shape index (κ1) is 18.3. The quantitative estimate of drug-likeness (QED) is 0.666. The fourth-order valence-corrected chi connectivity index (χ4v) is 1.62. The molecule has 0 amide bonds. The Bertz CT molecular complexity index is 89.3. The second-order valence-corrected chi connectivity index (χ2v) is 4.46. The lowest BCUT2D eigenvalue weighted by Crippen LogP contribution is -2.03. The summed E-state index contributed by atoms with van der Waals surface area (Å²) in [6.07, 6.45) is 8.18. The van der Waals surface area contributed by atoms with Gasteiger partial charge in [0.05, 0.1) is 12.2 Å². The van der Waals surface area contributed by atoms with E-state index in [9.17, 15) is 0 Å². The van der Waals surface area contributed by atoms with Crippen molar-refractivity contribution in [3.8, 4) is 0 Å². The molecule has 0 rings (SSSR count). The molecule has 0 aromatic rings. The highest BCUT2D eigenvalue weighted by Gasteiger charge is 1.98. The van der Waals surface area contributed by atoms with Gasteiger partial charge in [-0.25, -0.2) is 0 Å². The molecule has 0 aliphatic rings. The molecule has 0 bridgehead atoms. The van der Waals surface area contributed by atoms with Gasteiger partial charge in [0.2, 0.25) is 0 Å². The minimum atomic E-state index is -0.0370. The Kier molecular flexibility index (Phi) is 17.1. The smallest absolute Gasteiger partial charge is 0.0540 e. The summed E-state index contributed by atoms with van der Waals surface area (Å²) in [4.78, 5) is 0. The van der Waals surface area contributed by atoms with Crippen molar-refractivity contribution in [2.45, 2.75) is 91.3 Å². The van der Waals surface area contributed by atoms with E-state index >= 15 is 0 Å². The Morgan fingerprint density at radius 3 is 0.875 bits per heavy atom. The van der Waals surface area contributed by atoms with E-state index in [1.54, 1.807) is 0 Å². The Labute approximate surface area is 102 Å². The van der Waals surface area contributed by atoms with Crippen LogP contribution in [0.25, 0.3) is 0 Å². The normalized spacial score (nSPS) is 10.5. The zero-order valence-corrected chi connectivity index (χ0v) is 11.7. The van der Waals surface area contributed by atoms with Crippen LogP contribution in [0.3, 0.4) is 0 Å². The summed E-state index contributed by atoms with van der Waals surface area (Å²) in [6, 6.07) is 0. The van der Waals surface area contributed by atoms with Gasteiger partial charge < -0.3 is 10.2 Å². The minimum Gasteiger partial charge on any atom is -0.393 e. The molecular formula is C14H32O2. The molecule has 2 nitrogen and oxygen atoms in total. The van der Waals surface area contributed by atoms with Crippen molar-refractivity contribution >= 4 is 0 Å². The molecule has 16 heavy (non-hydrogen) atoms. The Balaban J connectivity index is 0. The third-order valence-corrected chi connectivity index (χ3v) is 2.49. The van der Waals surface area contributed by atoms with E-state index in [1.165, 1.54) is 0 Å². The van der Waals surface area contributed by atoms with E-state index in [2.05, 4.69) is 27.7 Å². The summed E-state index contributed by atoms with van der Waals surface area (Å²) in [7, 11) is 0. The molecule has 0 radical (unpaired) electrons. The molecule has 0 aliphatic carbocycles. The third-order valence-electron chi connectivity index (χ3n) is 2.49. The maximum Gasteiger partial charge on any atom is 0.0540 e. The van der Waals surface area contributed by atoms with E-state index in [1.807, 2.05) is 0 Å². The van der Waals surface area contributed by atoms with Crippen molar-refractivity contribution < 1.29 is 10.2 Å². The first-order chi connectivity index (χ1) is 7.62.